The van der Waals surface area contributed by atoms with Crippen molar-refractivity contribution in [2.75, 3.05) is 4.72 Å². The predicted molar refractivity (Wildman–Crippen MR) is 104 cm³/mol. The van der Waals surface area contributed by atoms with Gasteiger partial charge in [0.2, 0.25) is 5.88 Å². The maximum absolute atomic E-state index is 12.3. The molecule has 11 heteroatoms. The van der Waals surface area contributed by atoms with Crippen molar-refractivity contribution in [2.45, 2.75) is 11.9 Å². The van der Waals surface area contributed by atoms with Crippen LogP contribution in [0.2, 0.25) is 0 Å². The lowest BCUT2D eigenvalue weighted by atomic mass is 10.3. The van der Waals surface area contributed by atoms with Crippen molar-refractivity contribution in [3.8, 4) is 17.4 Å². The molecular formula is C18H17N7O3S. The Morgan fingerprint density at radius 3 is 2.52 bits per heavy atom. The lowest BCUT2D eigenvalue weighted by molar-refractivity contribution is 0.461. The van der Waals surface area contributed by atoms with Crippen molar-refractivity contribution in [1.29, 1.82) is 0 Å². The van der Waals surface area contributed by atoms with Crippen LogP contribution in [-0.4, -0.2) is 37.5 Å². The summed E-state index contributed by atoms with van der Waals surface area (Å²) in [7, 11) is -2.05. The number of sulfonamides is 1. The average molecular weight is 411 g/mol. The summed E-state index contributed by atoms with van der Waals surface area (Å²) in [6, 6.07) is 8.16. The number of nitrogens with zero attached hydrogens (tertiary/aromatic N) is 6. The molecule has 0 aliphatic carbocycles. The number of nitrogens with one attached hydrogen (secondary N) is 1. The fourth-order valence-corrected chi connectivity index (χ4v) is 3.63. The number of anilines is 1. The molecule has 0 aliphatic heterocycles. The number of aryl methyl sites for hydroxylation is 2. The molecule has 0 atom stereocenters. The molecule has 0 bridgehead atoms. The Morgan fingerprint density at radius 2 is 1.86 bits per heavy atom. The van der Waals surface area contributed by atoms with E-state index in [2.05, 4.69) is 24.7 Å². The largest absolute Gasteiger partial charge is 0.439 e. The monoisotopic (exact) mass is 411 g/mol. The van der Waals surface area contributed by atoms with Crippen LogP contribution in [-0.2, 0) is 17.1 Å². The summed E-state index contributed by atoms with van der Waals surface area (Å²) in [6.45, 7) is 1.87. The third-order valence-corrected chi connectivity index (χ3v) is 5.25. The van der Waals surface area contributed by atoms with E-state index in [9.17, 15) is 8.42 Å². The lowest BCUT2D eigenvalue weighted by Gasteiger charge is -2.09. The van der Waals surface area contributed by atoms with Gasteiger partial charge < -0.3 is 9.30 Å². The van der Waals surface area contributed by atoms with Crippen LogP contribution in [0.3, 0.4) is 0 Å². The Hall–Kier alpha value is -3.73. The maximum Gasteiger partial charge on any atom is 0.280 e. The van der Waals surface area contributed by atoms with Gasteiger partial charge in [0.15, 0.2) is 5.03 Å². The van der Waals surface area contributed by atoms with Crippen molar-refractivity contribution in [3.05, 3.63) is 67.4 Å². The molecule has 3 heterocycles. The van der Waals surface area contributed by atoms with Crippen LogP contribution >= 0.6 is 0 Å². The van der Waals surface area contributed by atoms with E-state index >= 15 is 0 Å². The second-order valence-corrected chi connectivity index (χ2v) is 7.80. The zero-order valence-electron chi connectivity index (χ0n) is 15.6. The van der Waals surface area contributed by atoms with Crippen LogP contribution in [0.5, 0.6) is 11.6 Å². The van der Waals surface area contributed by atoms with Crippen LogP contribution in [0, 0.1) is 6.92 Å². The van der Waals surface area contributed by atoms with Gasteiger partial charge in [0.05, 0.1) is 6.33 Å². The minimum absolute atomic E-state index is 0.0522. The summed E-state index contributed by atoms with van der Waals surface area (Å²) < 4.78 is 36.3. The second kappa shape index (κ2) is 7.36. The first kappa shape index (κ1) is 18.6. The number of hydrogen-bond acceptors (Lipinski definition) is 7. The highest BCUT2D eigenvalue weighted by Crippen LogP contribution is 2.23. The Bertz CT molecular complexity index is 1250. The molecule has 1 N–H and O–H groups in total. The Kier molecular flexibility index (Phi) is 4.72. The number of benzene rings is 1. The van der Waals surface area contributed by atoms with Crippen LogP contribution in [0.4, 0.5) is 5.69 Å². The minimum atomic E-state index is -3.75. The number of hydrogen-bond donors (Lipinski definition) is 1. The van der Waals surface area contributed by atoms with Gasteiger partial charge >= 0.3 is 0 Å². The topological polar surface area (TPSA) is 117 Å². The van der Waals surface area contributed by atoms with Gasteiger partial charge in [-0.15, -0.1) is 0 Å². The summed E-state index contributed by atoms with van der Waals surface area (Å²) in [4.78, 5) is 16.4. The molecule has 0 aliphatic rings. The standard InChI is InChI=1S/C18H17N7O3S/c1-13-19-7-8-25(13)16-9-17(21-11-20-16)28-15-5-3-14(4-6-15)23-29(26,27)18-10-24(2)12-22-18/h3-12,23H,1-2H3. The molecule has 10 nitrogen and oxygen atoms in total. The normalized spacial score (nSPS) is 11.4. The van der Waals surface area contributed by atoms with Crippen molar-refractivity contribution in [2.24, 2.45) is 7.05 Å². The van der Waals surface area contributed by atoms with Gasteiger partial charge in [-0.25, -0.2) is 19.9 Å². The van der Waals surface area contributed by atoms with Gasteiger partial charge in [-0.1, -0.05) is 0 Å². The number of aromatic nitrogens is 6. The van der Waals surface area contributed by atoms with Crippen molar-refractivity contribution in [3.63, 3.8) is 0 Å². The second-order valence-electron chi connectivity index (χ2n) is 6.17. The molecule has 0 spiro atoms. The quantitative estimate of drug-likeness (QED) is 0.517. The molecular weight excluding hydrogens is 394 g/mol. The fourth-order valence-electron chi connectivity index (χ4n) is 2.58. The third-order valence-electron chi connectivity index (χ3n) is 3.99. The van der Waals surface area contributed by atoms with E-state index < -0.39 is 10.0 Å². The Morgan fingerprint density at radius 1 is 1.07 bits per heavy atom. The van der Waals surface area contributed by atoms with Crippen LogP contribution < -0.4 is 9.46 Å². The molecule has 0 amide bonds. The van der Waals surface area contributed by atoms with E-state index in [0.717, 1.165) is 5.82 Å². The lowest BCUT2D eigenvalue weighted by Crippen LogP contribution is -2.13. The van der Waals surface area contributed by atoms with E-state index in [1.54, 1.807) is 54.3 Å². The third kappa shape index (κ3) is 4.09. The number of ether oxygens (including phenoxy) is 1. The fraction of sp³-hybridized carbons (Fsp3) is 0.111. The number of rotatable bonds is 6. The van der Waals surface area contributed by atoms with Gasteiger partial charge in [0, 0.05) is 37.4 Å². The highest BCUT2D eigenvalue weighted by atomic mass is 32.2. The molecule has 3 aromatic heterocycles. The van der Waals surface area contributed by atoms with E-state index in [1.165, 1.54) is 18.9 Å². The molecule has 4 rings (SSSR count). The average Bonchev–Trinajstić information content (AvgIpc) is 3.32. The van der Waals surface area contributed by atoms with Gasteiger partial charge in [-0.05, 0) is 31.2 Å². The highest BCUT2D eigenvalue weighted by molar-refractivity contribution is 7.92. The van der Waals surface area contributed by atoms with Crippen LogP contribution in [0.25, 0.3) is 5.82 Å². The molecule has 0 fully saturated rings. The maximum atomic E-state index is 12.3. The molecule has 1 aromatic carbocycles. The van der Waals surface area contributed by atoms with Crippen molar-refractivity contribution >= 4 is 15.7 Å². The minimum Gasteiger partial charge on any atom is -0.439 e. The zero-order chi connectivity index (χ0) is 20.4. The first-order chi connectivity index (χ1) is 13.9. The summed E-state index contributed by atoms with van der Waals surface area (Å²) in [5, 5.41) is -0.0522. The zero-order valence-corrected chi connectivity index (χ0v) is 16.4. The first-order valence-corrected chi connectivity index (χ1v) is 10.00. The first-order valence-electron chi connectivity index (χ1n) is 8.52. The smallest absolute Gasteiger partial charge is 0.280 e. The van der Waals surface area contributed by atoms with E-state index in [1.807, 2.05) is 11.5 Å². The molecule has 4 aromatic rings. The summed E-state index contributed by atoms with van der Waals surface area (Å²) in [6.07, 6.45) is 7.73. The van der Waals surface area contributed by atoms with E-state index in [4.69, 9.17) is 4.74 Å². The summed E-state index contributed by atoms with van der Waals surface area (Å²) in [5.41, 5.74) is 0.389. The number of imidazole rings is 2. The summed E-state index contributed by atoms with van der Waals surface area (Å²) >= 11 is 0. The molecule has 0 saturated carbocycles. The molecule has 148 valence electrons. The Labute approximate surface area is 166 Å². The summed E-state index contributed by atoms with van der Waals surface area (Å²) in [5.74, 6) is 2.27. The predicted octanol–water partition coefficient (Wildman–Crippen LogP) is 2.30. The molecule has 29 heavy (non-hydrogen) atoms. The molecule has 0 radical (unpaired) electrons. The van der Waals surface area contributed by atoms with Crippen LogP contribution in [0.1, 0.15) is 5.82 Å². The van der Waals surface area contributed by atoms with Crippen molar-refractivity contribution < 1.29 is 13.2 Å². The van der Waals surface area contributed by atoms with Gasteiger partial charge in [0.25, 0.3) is 10.0 Å². The van der Waals surface area contributed by atoms with Gasteiger partial charge in [-0.3, -0.25) is 9.29 Å². The molecule has 0 unspecified atom stereocenters. The van der Waals surface area contributed by atoms with Crippen LogP contribution in [0.15, 0.2) is 66.6 Å². The van der Waals surface area contributed by atoms with E-state index in [0.29, 0.717) is 23.1 Å². The van der Waals surface area contributed by atoms with Crippen molar-refractivity contribution in [1.82, 2.24) is 29.1 Å². The molecule has 0 saturated heterocycles. The Balaban J connectivity index is 1.48. The van der Waals surface area contributed by atoms with Gasteiger partial charge in [0.1, 0.15) is 23.7 Å². The van der Waals surface area contributed by atoms with Gasteiger partial charge in [-0.2, -0.15) is 8.42 Å². The highest BCUT2D eigenvalue weighted by Gasteiger charge is 2.17. The SMILES string of the molecule is Cc1nccn1-c1cc(Oc2ccc(NS(=O)(=O)c3cn(C)cn3)cc2)ncn1. The van der Waals surface area contributed by atoms with E-state index in [-0.39, 0.29) is 5.03 Å².